The van der Waals surface area contributed by atoms with Gasteiger partial charge in [-0.3, -0.25) is 9.59 Å². The summed E-state index contributed by atoms with van der Waals surface area (Å²) < 4.78 is 1.34. The lowest BCUT2D eigenvalue weighted by Gasteiger charge is -1.93. The minimum absolute atomic E-state index is 0.165. The van der Waals surface area contributed by atoms with Gasteiger partial charge in [0.25, 0.3) is 0 Å². The molecule has 0 bridgehead atoms. The van der Waals surface area contributed by atoms with Crippen LogP contribution in [-0.2, 0) is 9.59 Å². The lowest BCUT2D eigenvalue weighted by atomic mass is 10.1. The Kier molecular flexibility index (Phi) is 7.34. The van der Waals surface area contributed by atoms with Crippen molar-refractivity contribution in [2.24, 2.45) is 0 Å². The first-order chi connectivity index (χ1) is 11.1. The molecule has 2 aliphatic rings. The Morgan fingerprint density at radius 1 is 0.696 bits per heavy atom. The van der Waals surface area contributed by atoms with Gasteiger partial charge < -0.3 is 0 Å². The summed E-state index contributed by atoms with van der Waals surface area (Å²) in [5, 5.41) is 0. The van der Waals surface area contributed by atoms with Crippen LogP contribution in [-0.4, -0.2) is 11.6 Å². The van der Waals surface area contributed by atoms with E-state index in [-0.39, 0.29) is 11.6 Å². The second-order valence-electron chi connectivity index (χ2n) is 5.60. The van der Waals surface area contributed by atoms with Crippen LogP contribution < -0.4 is 0 Å². The van der Waals surface area contributed by atoms with E-state index in [0.717, 1.165) is 56.1 Å². The van der Waals surface area contributed by atoms with Gasteiger partial charge in [-0.05, 0) is 57.5 Å². The van der Waals surface area contributed by atoms with Gasteiger partial charge in [0.05, 0.1) is 8.96 Å². The Morgan fingerprint density at radius 3 is 1.48 bits per heavy atom. The van der Waals surface area contributed by atoms with E-state index < -0.39 is 0 Å². The van der Waals surface area contributed by atoms with Gasteiger partial charge in [0.1, 0.15) is 0 Å². The predicted octanol–water partition coefficient (Wildman–Crippen LogP) is 4.97. The minimum Gasteiger partial charge on any atom is -0.294 e. The van der Waals surface area contributed by atoms with Crippen molar-refractivity contribution in [3.63, 3.8) is 0 Å². The normalized spacial score (nSPS) is 17.3. The highest BCUT2D eigenvalue weighted by molar-refractivity contribution is 9.12. The molecule has 0 aromatic carbocycles. The molecule has 23 heavy (non-hydrogen) atoms. The van der Waals surface area contributed by atoms with Crippen LogP contribution in [0.3, 0.4) is 0 Å². The molecule has 0 aromatic heterocycles. The third-order valence-corrected chi connectivity index (χ3v) is 5.65. The van der Waals surface area contributed by atoms with Gasteiger partial charge in [-0.25, -0.2) is 0 Å². The maximum absolute atomic E-state index is 11.3. The van der Waals surface area contributed by atoms with Crippen molar-refractivity contribution >= 4 is 43.4 Å². The molecule has 0 radical (unpaired) electrons. The Hall–Kier alpha value is -1.10. The topological polar surface area (TPSA) is 34.1 Å². The highest BCUT2D eigenvalue weighted by Crippen LogP contribution is 2.27. The van der Waals surface area contributed by atoms with E-state index in [1.807, 2.05) is 0 Å². The van der Waals surface area contributed by atoms with Gasteiger partial charge in [0, 0.05) is 36.8 Å². The van der Waals surface area contributed by atoms with Crippen molar-refractivity contribution in [3.8, 4) is 23.7 Å². The summed E-state index contributed by atoms with van der Waals surface area (Å²) >= 11 is 6.60. The first-order valence-corrected chi connectivity index (χ1v) is 9.49. The van der Waals surface area contributed by atoms with E-state index in [1.165, 1.54) is 0 Å². The molecule has 0 aliphatic heterocycles. The number of Topliss-reactive ketones (excluding diaryl/α,β-unsaturated/α-hetero) is 2. The van der Waals surface area contributed by atoms with Gasteiger partial charge in [0.15, 0.2) is 11.6 Å². The van der Waals surface area contributed by atoms with Crippen LogP contribution in [0, 0.1) is 23.7 Å². The van der Waals surface area contributed by atoms with Crippen LogP contribution in [0.4, 0.5) is 0 Å². The average molecular weight is 438 g/mol. The zero-order chi connectivity index (χ0) is 16.7. The number of carbonyl (C=O) groups is 2. The molecule has 0 unspecified atom stereocenters. The summed E-state index contributed by atoms with van der Waals surface area (Å²) in [6, 6.07) is 0. The first-order valence-electron chi connectivity index (χ1n) is 7.91. The third-order valence-electron chi connectivity index (χ3n) is 3.81. The van der Waals surface area contributed by atoms with Crippen LogP contribution in [0.15, 0.2) is 20.1 Å². The van der Waals surface area contributed by atoms with Crippen molar-refractivity contribution in [3.05, 3.63) is 20.1 Å². The van der Waals surface area contributed by atoms with Crippen LogP contribution in [0.5, 0.6) is 0 Å². The van der Waals surface area contributed by atoms with Crippen molar-refractivity contribution in [1.82, 2.24) is 0 Å². The van der Waals surface area contributed by atoms with Gasteiger partial charge in [-0.2, -0.15) is 0 Å². The molecule has 0 aromatic rings. The van der Waals surface area contributed by atoms with Gasteiger partial charge in [0.2, 0.25) is 0 Å². The molecule has 2 aliphatic carbocycles. The highest BCUT2D eigenvalue weighted by Gasteiger charge is 2.19. The fourth-order valence-corrected chi connectivity index (χ4v) is 3.42. The van der Waals surface area contributed by atoms with Gasteiger partial charge in [-0.15, -0.1) is 0 Å². The predicted molar refractivity (Wildman–Crippen MR) is 99.0 cm³/mol. The average Bonchev–Trinajstić information content (AvgIpc) is 3.03. The summed E-state index contributed by atoms with van der Waals surface area (Å²) in [4.78, 5) is 22.7. The van der Waals surface area contributed by atoms with Crippen molar-refractivity contribution in [2.75, 3.05) is 0 Å². The van der Waals surface area contributed by atoms with Crippen molar-refractivity contribution in [2.45, 2.75) is 57.8 Å². The maximum atomic E-state index is 11.3. The standard InChI is InChI=1S/C19H18Br2O2/c20-18-14(10-12-16(18)22)8-6-4-2-1-3-5-7-9-15-11-13-17(23)19(15)21/h1-5,10-13H2. The number of halogens is 2. The quantitative estimate of drug-likeness (QED) is 0.459. The number of hydrogen-bond donors (Lipinski definition) is 0. The van der Waals surface area contributed by atoms with Crippen LogP contribution in [0.25, 0.3) is 0 Å². The second-order valence-corrected chi connectivity index (χ2v) is 7.18. The van der Waals surface area contributed by atoms with Crippen LogP contribution in [0.1, 0.15) is 57.8 Å². The highest BCUT2D eigenvalue weighted by atomic mass is 79.9. The van der Waals surface area contributed by atoms with Crippen molar-refractivity contribution in [1.29, 1.82) is 0 Å². The Balaban J connectivity index is 1.61. The van der Waals surface area contributed by atoms with E-state index in [1.54, 1.807) is 0 Å². The number of hydrogen-bond acceptors (Lipinski definition) is 2. The number of allylic oxidation sites excluding steroid dienone is 4. The molecule has 0 spiro atoms. The molecule has 120 valence electrons. The monoisotopic (exact) mass is 436 g/mol. The fourth-order valence-electron chi connectivity index (χ4n) is 2.43. The molecule has 0 fully saturated rings. The Morgan fingerprint density at radius 2 is 1.13 bits per heavy atom. The van der Waals surface area contributed by atoms with Crippen molar-refractivity contribution < 1.29 is 9.59 Å². The van der Waals surface area contributed by atoms with Crippen LogP contribution in [0.2, 0.25) is 0 Å². The Bertz CT molecular complexity index is 630. The number of rotatable bonds is 4. The summed E-state index contributed by atoms with van der Waals surface area (Å²) in [7, 11) is 0. The lowest BCUT2D eigenvalue weighted by Crippen LogP contribution is -1.86. The van der Waals surface area contributed by atoms with E-state index in [4.69, 9.17) is 0 Å². The van der Waals surface area contributed by atoms with E-state index >= 15 is 0 Å². The molecule has 0 saturated carbocycles. The molecule has 0 atom stereocenters. The second kappa shape index (κ2) is 9.26. The first kappa shape index (κ1) is 18.2. The zero-order valence-electron chi connectivity index (χ0n) is 12.9. The summed E-state index contributed by atoms with van der Waals surface area (Å²) in [6.45, 7) is 0. The number of unbranched alkanes of at least 4 members (excludes halogenated alkanes) is 4. The summed E-state index contributed by atoms with van der Waals surface area (Å²) in [5.41, 5.74) is 1.90. The fraction of sp³-hybridized carbons (Fsp3) is 0.474. The molecule has 0 amide bonds. The van der Waals surface area contributed by atoms with E-state index in [2.05, 4.69) is 55.5 Å². The molecule has 4 heteroatoms. The smallest absolute Gasteiger partial charge is 0.171 e. The van der Waals surface area contributed by atoms with Crippen LogP contribution >= 0.6 is 31.9 Å². The van der Waals surface area contributed by atoms with Gasteiger partial charge >= 0.3 is 0 Å². The molecule has 0 saturated heterocycles. The number of carbonyl (C=O) groups excluding carboxylic acids is 2. The van der Waals surface area contributed by atoms with Gasteiger partial charge in [-0.1, -0.05) is 30.1 Å². The molecule has 0 heterocycles. The molecule has 2 nitrogen and oxygen atoms in total. The van der Waals surface area contributed by atoms with E-state index in [9.17, 15) is 9.59 Å². The SMILES string of the molecule is O=C1CCC(C#CCCCCCC#CC2=C(Br)C(=O)CC2)=C1Br. The number of ketones is 2. The molecular weight excluding hydrogens is 420 g/mol. The largest absolute Gasteiger partial charge is 0.294 e. The molecule has 2 rings (SSSR count). The van der Waals surface area contributed by atoms with E-state index in [0.29, 0.717) is 21.8 Å². The minimum atomic E-state index is 0.165. The zero-order valence-corrected chi connectivity index (χ0v) is 16.1. The Labute approximate surface area is 154 Å². The molecular formula is C19H18Br2O2. The maximum Gasteiger partial charge on any atom is 0.171 e. The molecule has 0 N–H and O–H groups in total. The summed E-state index contributed by atoms with van der Waals surface area (Å²) in [5.74, 6) is 12.8. The summed E-state index contributed by atoms with van der Waals surface area (Å²) in [6.07, 6.45) is 7.64. The third kappa shape index (κ3) is 5.48. The lowest BCUT2D eigenvalue weighted by molar-refractivity contribution is -0.115.